The van der Waals surface area contributed by atoms with Crippen molar-refractivity contribution in [3.63, 3.8) is 0 Å². The molecule has 8 heteroatoms. The molecular weight excluding hydrogens is 360 g/mol. The zero-order valence-corrected chi connectivity index (χ0v) is 16.7. The van der Waals surface area contributed by atoms with Crippen LogP contribution in [0.1, 0.15) is 12.5 Å². The van der Waals surface area contributed by atoms with Gasteiger partial charge in [0.25, 0.3) is 0 Å². The van der Waals surface area contributed by atoms with E-state index in [-0.39, 0.29) is 5.91 Å². The van der Waals surface area contributed by atoms with Gasteiger partial charge in [0.15, 0.2) is 11.5 Å². The van der Waals surface area contributed by atoms with E-state index in [1.165, 1.54) is 11.9 Å². The summed E-state index contributed by atoms with van der Waals surface area (Å²) < 4.78 is 10.6. The molecule has 1 saturated heterocycles. The van der Waals surface area contributed by atoms with Gasteiger partial charge in [-0.3, -0.25) is 19.6 Å². The number of ether oxygens (including phenoxy) is 2. The number of carbonyl (C=O) groups is 2. The third-order valence-electron chi connectivity index (χ3n) is 4.95. The molecule has 8 nitrogen and oxygen atoms in total. The van der Waals surface area contributed by atoms with Crippen molar-refractivity contribution in [2.24, 2.45) is 15.9 Å². The number of imide groups is 1. The van der Waals surface area contributed by atoms with E-state index in [4.69, 9.17) is 14.5 Å². The number of amides is 3. The number of urea groups is 1. The number of allylic oxidation sites excluding steroid dienone is 1. The molecule has 0 bridgehead atoms. The second-order valence-corrected chi connectivity index (χ2v) is 6.68. The van der Waals surface area contributed by atoms with Crippen LogP contribution < -0.4 is 9.47 Å². The largest absolute Gasteiger partial charge is 0.493 e. The summed E-state index contributed by atoms with van der Waals surface area (Å²) in [6, 6.07) is 5.35. The Bertz CT molecular complexity index is 903. The highest BCUT2D eigenvalue weighted by Gasteiger charge is 2.44. The molecule has 1 fully saturated rings. The average molecular weight is 384 g/mol. The summed E-state index contributed by atoms with van der Waals surface area (Å²) in [7, 11) is 6.29. The Morgan fingerprint density at radius 3 is 2.50 bits per heavy atom. The van der Waals surface area contributed by atoms with Crippen LogP contribution in [0.15, 0.2) is 40.0 Å². The topological polar surface area (TPSA) is 83.8 Å². The summed E-state index contributed by atoms with van der Waals surface area (Å²) in [6.07, 6.45) is 2.33. The van der Waals surface area contributed by atoms with Crippen molar-refractivity contribution in [1.82, 2.24) is 9.80 Å². The highest BCUT2D eigenvalue weighted by Crippen LogP contribution is 2.28. The number of carbonyl (C=O) groups excluding carboxylic acids is 2. The Morgan fingerprint density at radius 2 is 1.82 bits per heavy atom. The lowest BCUT2D eigenvalue weighted by atomic mass is 9.91. The van der Waals surface area contributed by atoms with E-state index in [0.29, 0.717) is 36.0 Å². The van der Waals surface area contributed by atoms with Gasteiger partial charge < -0.3 is 9.47 Å². The first-order valence-electron chi connectivity index (χ1n) is 8.94. The molecule has 2 aliphatic heterocycles. The van der Waals surface area contributed by atoms with Gasteiger partial charge in [0.05, 0.1) is 19.9 Å². The monoisotopic (exact) mass is 384 g/mol. The molecule has 0 radical (unpaired) electrons. The SMILES string of the molecule is COc1ccc(CCN=C2C(C)=CN=C3C2C(=O)N(C)C(=O)N3C)cc1OC. The zero-order chi connectivity index (χ0) is 20.4. The van der Waals surface area contributed by atoms with Gasteiger partial charge in [-0.05, 0) is 36.6 Å². The van der Waals surface area contributed by atoms with Crippen molar-refractivity contribution in [2.75, 3.05) is 34.9 Å². The summed E-state index contributed by atoms with van der Waals surface area (Å²) in [5.74, 6) is 0.805. The summed E-state index contributed by atoms with van der Waals surface area (Å²) in [5.41, 5.74) is 2.53. The normalized spacial score (nSPS) is 20.8. The lowest BCUT2D eigenvalue weighted by molar-refractivity contribution is -0.128. The van der Waals surface area contributed by atoms with E-state index in [1.807, 2.05) is 25.1 Å². The van der Waals surface area contributed by atoms with Crippen LogP contribution in [-0.2, 0) is 11.2 Å². The Morgan fingerprint density at radius 1 is 1.11 bits per heavy atom. The third-order valence-corrected chi connectivity index (χ3v) is 4.95. The van der Waals surface area contributed by atoms with E-state index in [1.54, 1.807) is 27.5 Å². The van der Waals surface area contributed by atoms with Gasteiger partial charge >= 0.3 is 6.03 Å². The number of benzene rings is 1. The smallest absolute Gasteiger partial charge is 0.331 e. The van der Waals surface area contributed by atoms with Gasteiger partial charge in [0.1, 0.15) is 11.8 Å². The van der Waals surface area contributed by atoms with E-state index in [9.17, 15) is 9.59 Å². The van der Waals surface area contributed by atoms with E-state index in [2.05, 4.69) is 4.99 Å². The first kappa shape index (κ1) is 19.6. The van der Waals surface area contributed by atoms with Crippen LogP contribution >= 0.6 is 0 Å². The molecule has 1 aromatic carbocycles. The van der Waals surface area contributed by atoms with Gasteiger partial charge in [-0.2, -0.15) is 0 Å². The number of hydrogen-bond donors (Lipinski definition) is 0. The molecule has 1 atom stereocenters. The molecular formula is C20H24N4O4. The molecule has 3 rings (SSSR count). The van der Waals surface area contributed by atoms with Crippen LogP contribution in [0.3, 0.4) is 0 Å². The van der Waals surface area contributed by atoms with Crippen molar-refractivity contribution in [2.45, 2.75) is 13.3 Å². The maximum atomic E-state index is 12.7. The minimum Gasteiger partial charge on any atom is -0.493 e. The molecule has 148 valence electrons. The maximum Gasteiger partial charge on any atom is 0.331 e. The Kier molecular flexibility index (Phi) is 5.48. The van der Waals surface area contributed by atoms with Crippen molar-refractivity contribution in [3.8, 4) is 11.5 Å². The zero-order valence-electron chi connectivity index (χ0n) is 16.7. The van der Waals surface area contributed by atoms with Crippen LogP contribution in [0.5, 0.6) is 11.5 Å². The first-order chi connectivity index (χ1) is 13.4. The molecule has 28 heavy (non-hydrogen) atoms. The molecule has 0 aliphatic carbocycles. The summed E-state index contributed by atoms with van der Waals surface area (Å²) in [5, 5.41) is 0. The summed E-state index contributed by atoms with van der Waals surface area (Å²) in [6.45, 7) is 2.37. The Balaban J connectivity index is 1.82. The van der Waals surface area contributed by atoms with Crippen LogP contribution in [0.4, 0.5) is 4.79 Å². The number of fused-ring (bicyclic) bond motifs is 1. The molecule has 1 aromatic rings. The number of nitrogens with zero attached hydrogens (tertiary/aromatic N) is 4. The molecule has 0 N–H and O–H groups in total. The minimum atomic E-state index is -0.650. The second kappa shape index (κ2) is 7.84. The van der Waals surface area contributed by atoms with Gasteiger partial charge in [-0.1, -0.05) is 6.07 Å². The molecule has 0 aromatic heterocycles. The van der Waals surface area contributed by atoms with Gasteiger partial charge in [0.2, 0.25) is 5.91 Å². The molecule has 2 aliphatic rings. The molecule has 2 heterocycles. The first-order valence-corrected chi connectivity index (χ1v) is 8.94. The second-order valence-electron chi connectivity index (χ2n) is 6.68. The molecule has 0 saturated carbocycles. The van der Waals surface area contributed by atoms with Gasteiger partial charge in [-0.25, -0.2) is 9.79 Å². The van der Waals surface area contributed by atoms with Crippen LogP contribution in [0.25, 0.3) is 0 Å². The third kappa shape index (κ3) is 3.37. The van der Waals surface area contributed by atoms with Crippen LogP contribution in [-0.4, -0.2) is 68.1 Å². The number of amidine groups is 1. The predicted molar refractivity (Wildman–Crippen MR) is 106 cm³/mol. The Hall–Kier alpha value is -3.16. The van der Waals surface area contributed by atoms with Crippen molar-refractivity contribution < 1.29 is 19.1 Å². The lowest BCUT2D eigenvalue weighted by Gasteiger charge is -2.37. The van der Waals surface area contributed by atoms with E-state index < -0.39 is 11.9 Å². The predicted octanol–water partition coefficient (Wildman–Crippen LogP) is 2.14. The van der Waals surface area contributed by atoms with Crippen LogP contribution in [0.2, 0.25) is 0 Å². The summed E-state index contributed by atoms with van der Waals surface area (Å²) in [4.78, 5) is 36.4. The maximum absolute atomic E-state index is 12.7. The fourth-order valence-corrected chi connectivity index (χ4v) is 3.33. The standard InChI is InChI=1S/C20H24N4O4/c1-12-11-22-18-16(19(25)24(3)20(26)23(18)2)17(12)21-9-8-13-6-7-14(27-4)15(10-13)28-5/h6-7,10-11,16H,8-9H2,1-5H3. The lowest BCUT2D eigenvalue weighted by Crippen LogP contribution is -2.59. The highest BCUT2D eigenvalue weighted by molar-refractivity contribution is 6.33. The Labute approximate surface area is 164 Å². The van der Waals surface area contributed by atoms with Crippen molar-refractivity contribution in [1.29, 1.82) is 0 Å². The minimum absolute atomic E-state index is 0.306. The highest BCUT2D eigenvalue weighted by atomic mass is 16.5. The van der Waals surface area contributed by atoms with Crippen LogP contribution in [0, 0.1) is 5.92 Å². The van der Waals surface area contributed by atoms with Crippen molar-refractivity contribution >= 4 is 23.5 Å². The fraction of sp³-hybridized carbons (Fsp3) is 0.400. The number of aliphatic imine (C=N–C) groups is 2. The van der Waals surface area contributed by atoms with Gasteiger partial charge in [0, 0.05) is 26.8 Å². The number of methoxy groups -OCH3 is 2. The average Bonchev–Trinajstić information content (AvgIpc) is 2.71. The van der Waals surface area contributed by atoms with E-state index in [0.717, 1.165) is 16.0 Å². The molecule has 3 amide bonds. The molecule has 1 unspecified atom stereocenters. The van der Waals surface area contributed by atoms with Gasteiger partial charge in [-0.15, -0.1) is 0 Å². The van der Waals surface area contributed by atoms with Crippen molar-refractivity contribution in [3.05, 3.63) is 35.5 Å². The molecule has 0 spiro atoms. The number of rotatable bonds is 5. The quantitative estimate of drug-likeness (QED) is 0.779. The fourth-order valence-electron chi connectivity index (χ4n) is 3.33. The van der Waals surface area contributed by atoms with E-state index >= 15 is 0 Å². The number of hydrogen-bond acceptors (Lipinski definition) is 6. The summed E-state index contributed by atoms with van der Waals surface area (Å²) >= 11 is 0.